The van der Waals surface area contributed by atoms with Crippen molar-refractivity contribution in [3.63, 3.8) is 0 Å². The lowest BCUT2D eigenvalue weighted by Gasteiger charge is -2.25. The summed E-state index contributed by atoms with van der Waals surface area (Å²) in [6.07, 6.45) is 6.77. The highest BCUT2D eigenvalue weighted by Gasteiger charge is 2.30. The Morgan fingerprint density at radius 3 is 2.95 bits per heavy atom. The molecule has 1 aliphatic heterocycles. The van der Waals surface area contributed by atoms with Crippen LogP contribution in [0.2, 0.25) is 0 Å². The van der Waals surface area contributed by atoms with Crippen molar-refractivity contribution in [2.24, 2.45) is 5.73 Å². The van der Waals surface area contributed by atoms with E-state index in [0.29, 0.717) is 4.99 Å². The second kappa shape index (κ2) is 5.89. The average Bonchev–Trinajstić information content (AvgIpc) is 2.91. The number of aromatic nitrogens is 1. The summed E-state index contributed by atoms with van der Waals surface area (Å²) in [4.78, 5) is 5.21. The Morgan fingerprint density at radius 2 is 2.24 bits per heavy atom. The Labute approximate surface area is 131 Å². The van der Waals surface area contributed by atoms with Gasteiger partial charge in [0, 0.05) is 18.8 Å². The molecule has 3 rings (SSSR count). The van der Waals surface area contributed by atoms with Crippen molar-refractivity contribution in [1.29, 1.82) is 0 Å². The number of nitrogens with two attached hydrogens (primary N) is 1. The van der Waals surface area contributed by atoms with Crippen LogP contribution in [0, 0.1) is 0 Å². The number of hydrogen-bond donors (Lipinski definition) is 2. The molecule has 1 aromatic heterocycles. The van der Waals surface area contributed by atoms with Gasteiger partial charge in [0.15, 0.2) is 0 Å². The number of anilines is 1. The minimum atomic E-state index is -0.106. The molecular formula is C16H23N3OS. The van der Waals surface area contributed by atoms with Crippen molar-refractivity contribution in [2.75, 3.05) is 18.5 Å². The van der Waals surface area contributed by atoms with Crippen molar-refractivity contribution < 1.29 is 4.74 Å². The molecule has 1 aliphatic carbocycles. The fourth-order valence-corrected chi connectivity index (χ4v) is 3.36. The van der Waals surface area contributed by atoms with Crippen molar-refractivity contribution in [3.05, 3.63) is 22.9 Å². The van der Waals surface area contributed by atoms with Crippen LogP contribution in [0.5, 0.6) is 0 Å². The molecule has 1 fully saturated rings. The first kappa shape index (κ1) is 14.7. The van der Waals surface area contributed by atoms with Crippen LogP contribution in [0.15, 0.2) is 6.07 Å². The summed E-state index contributed by atoms with van der Waals surface area (Å²) in [5, 5.41) is 3.42. The zero-order valence-electron chi connectivity index (χ0n) is 12.6. The lowest BCUT2D eigenvalue weighted by molar-refractivity contribution is 0.0314. The van der Waals surface area contributed by atoms with Gasteiger partial charge in [0.1, 0.15) is 10.8 Å². The minimum Gasteiger partial charge on any atom is -0.389 e. The van der Waals surface area contributed by atoms with E-state index in [2.05, 4.69) is 18.3 Å². The summed E-state index contributed by atoms with van der Waals surface area (Å²) in [5.41, 5.74) is 9.15. The molecular weight excluding hydrogens is 282 g/mol. The fraction of sp³-hybridized carbons (Fsp3) is 0.625. The number of aryl methyl sites for hydroxylation is 2. The number of ether oxygens (including phenoxy) is 1. The second-order valence-electron chi connectivity index (χ2n) is 6.32. The predicted molar refractivity (Wildman–Crippen MR) is 88.8 cm³/mol. The first-order chi connectivity index (χ1) is 10.1. The molecule has 0 saturated carbocycles. The normalized spacial score (nSPS) is 24.6. The van der Waals surface area contributed by atoms with Gasteiger partial charge in [-0.25, -0.2) is 4.98 Å². The lowest BCUT2D eigenvalue weighted by atomic mass is 9.94. The molecule has 114 valence electrons. The Bertz CT molecular complexity index is 553. The van der Waals surface area contributed by atoms with Crippen LogP contribution < -0.4 is 11.1 Å². The van der Waals surface area contributed by atoms with E-state index in [1.165, 1.54) is 24.1 Å². The van der Waals surface area contributed by atoms with Crippen molar-refractivity contribution in [1.82, 2.24) is 4.98 Å². The zero-order chi connectivity index (χ0) is 14.9. The van der Waals surface area contributed by atoms with Gasteiger partial charge in [-0.05, 0) is 57.1 Å². The van der Waals surface area contributed by atoms with Crippen LogP contribution in [0.4, 0.5) is 5.82 Å². The minimum absolute atomic E-state index is 0.106. The molecule has 1 aromatic rings. The summed E-state index contributed by atoms with van der Waals surface area (Å²) in [6.45, 7) is 3.73. The summed E-state index contributed by atoms with van der Waals surface area (Å²) >= 11 is 5.20. The average molecular weight is 305 g/mol. The van der Waals surface area contributed by atoms with E-state index < -0.39 is 0 Å². The van der Waals surface area contributed by atoms with Crippen LogP contribution in [0.1, 0.15) is 49.4 Å². The largest absolute Gasteiger partial charge is 0.389 e. The molecule has 0 radical (unpaired) electrons. The van der Waals surface area contributed by atoms with E-state index in [4.69, 9.17) is 27.7 Å². The van der Waals surface area contributed by atoms with Crippen LogP contribution in [-0.4, -0.2) is 28.7 Å². The van der Waals surface area contributed by atoms with Gasteiger partial charge >= 0.3 is 0 Å². The molecule has 0 bridgehead atoms. The van der Waals surface area contributed by atoms with Gasteiger partial charge in [-0.15, -0.1) is 0 Å². The number of fused-ring (bicyclic) bond motifs is 1. The quantitative estimate of drug-likeness (QED) is 0.837. The van der Waals surface area contributed by atoms with Crippen molar-refractivity contribution in [2.45, 2.75) is 51.0 Å². The monoisotopic (exact) mass is 305 g/mol. The second-order valence-corrected chi connectivity index (χ2v) is 6.76. The summed E-state index contributed by atoms with van der Waals surface area (Å²) in [5.74, 6) is 0.819. The molecule has 21 heavy (non-hydrogen) atoms. The first-order valence-corrected chi connectivity index (χ1v) is 8.19. The maximum absolute atomic E-state index is 5.88. The Balaban J connectivity index is 1.84. The number of rotatable bonds is 4. The van der Waals surface area contributed by atoms with Gasteiger partial charge < -0.3 is 15.8 Å². The van der Waals surface area contributed by atoms with E-state index >= 15 is 0 Å². The zero-order valence-corrected chi connectivity index (χ0v) is 13.4. The van der Waals surface area contributed by atoms with E-state index in [1.54, 1.807) is 0 Å². The topological polar surface area (TPSA) is 60.2 Å². The SMILES string of the molecule is CC1(CNc2nc3c(cc2C(N)=S)CCCC3)CCCO1. The molecule has 0 spiro atoms. The summed E-state index contributed by atoms with van der Waals surface area (Å²) in [6, 6.07) is 2.13. The molecule has 0 aromatic carbocycles. The third kappa shape index (κ3) is 3.19. The molecule has 1 atom stereocenters. The summed E-state index contributed by atoms with van der Waals surface area (Å²) < 4.78 is 5.82. The molecule has 2 heterocycles. The van der Waals surface area contributed by atoms with Crippen LogP contribution in [-0.2, 0) is 17.6 Å². The van der Waals surface area contributed by atoms with E-state index in [-0.39, 0.29) is 5.60 Å². The van der Waals surface area contributed by atoms with Crippen LogP contribution in [0.25, 0.3) is 0 Å². The van der Waals surface area contributed by atoms with Crippen molar-refractivity contribution in [3.8, 4) is 0 Å². The van der Waals surface area contributed by atoms with E-state index in [9.17, 15) is 0 Å². The number of nitrogens with zero attached hydrogens (tertiary/aromatic N) is 1. The number of hydrogen-bond acceptors (Lipinski definition) is 4. The molecule has 5 heteroatoms. The predicted octanol–water partition coefficient (Wildman–Crippen LogP) is 2.58. The van der Waals surface area contributed by atoms with E-state index in [0.717, 1.165) is 50.2 Å². The van der Waals surface area contributed by atoms with Gasteiger partial charge in [0.2, 0.25) is 0 Å². The summed E-state index contributed by atoms with van der Waals surface area (Å²) in [7, 11) is 0. The third-order valence-electron chi connectivity index (χ3n) is 4.50. The Hall–Kier alpha value is -1.20. The molecule has 3 N–H and O–H groups in total. The molecule has 2 aliphatic rings. The molecule has 4 nitrogen and oxygen atoms in total. The highest BCUT2D eigenvalue weighted by atomic mass is 32.1. The van der Waals surface area contributed by atoms with Gasteiger partial charge in [-0.2, -0.15) is 0 Å². The maximum Gasteiger partial charge on any atom is 0.136 e. The molecule has 1 saturated heterocycles. The molecule has 1 unspecified atom stereocenters. The van der Waals surface area contributed by atoms with Crippen LogP contribution >= 0.6 is 12.2 Å². The van der Waals surface area contributed by atoms with Gasteiger partial charge in [-0.1, -0.05) is 12.2 Å². The fourth-order valence-electron chi connectivity index (χ4n) is 3.20. The number of thiocarbonyl (C=S) groups is 1. The highest BCUT2D eigenvalue weighted by Crippen LogP contribution is 2.28. The maximum atomic E-state index is 5.88. The number of nitrogens with one attached hydrogen (secondary N) is 1. The van der Waals surface area contributed by atoms with Crippen molar-refractivity contribution >= 4 is 23.0 Å². The number of pyridine rings is 1. The van der Waals surface area contributed by atoms with Gasteiger partial charge in [0.05, 0.1) is 11.2 Å². The Morgan fingerprint density at radius 1 is 1.43 bits per heavy atom. The highest BCUT2D eigenvalue weighted by molar-refractivity contribution is 7.80. The smallest absolute Gasteiger partial charge is 0.136 e. The van der Waals surface area contributed by atoms with Gasteiger partial charge in [0.25, 0.3) is 0 Å². The van der Waals surface area contributed by atoms with Crippen LogP contribution in [0.3, 0.4) is 0 Å². The van der Waals surface area contributed by atoms with E-state index in [1.807, 2.05) is 0 Å². The first-order valence-electron chi connectivity index (χ1n) is 7.78. The standard InChI is InChI=1S/C16H23N3OS/c1-16(7-4-8-20-16)10-18-15-12(14(17)21)9-11-5-2-3-6-13(11)19-15/h9H,2-8,10H2,1H3,(H2,17,21)(H,18,19). The third-order valence-corrected chi connectivity index (χ3v) is 4.72. The molecule has 0 amide bonds. The van der Waals surface area contributed by atoms with Gasteiger partial charge in [-0.3, -0.25) is 0 Å². The Kier molecular flexibility index (Phi) is 4.13. The lowest BCUT2D eigenvalue weighted by Crippen LogP contribution is -2.33.